The van der Waals surface area contributed by atoms with Gasteiger partial charge in [-0.1, -0.05) is 25.5 Å². The highest BCUT2D eigenvalue weighted by Crippen LogP contribution is 2.07. The summed E-state index contributed by atoms with van der Waals surface area (Å²) < 4.78 is 0. The average molecular weight is 233 g/mol. The van der Waals surface area contributed by atoms with Crippen LogP contribution in [0.2, 0.25) is 0 Å². The minimum atomic E-state index is -0.551. The second-order valence-electron chi connectivity index (χ2n) is 3.80. The van der Waals surface area contributed by atoms with Crippen LogP contribution < -0.4 is 11.1 Å². The van der Waals surface area contributed by atoms with Gasteiger partial charge in [0.15, 0.2) is 0 Å². The summed E-state index contributed by atoms with van der Waals surface area (Å²) in [5.74, 6) is -0.835. The van der Waals surface area contributed by atoms with Crippen molar-refractivity contribution in [2.75, 3.05) is 6.54 Å². The first-order chi connectivity index (χ1) is 8.13. The van der Waals surface area contributed by atoms with E-state index in [0.717, 1.165) is 19.3 Å². The van der Waals surface area contributed by atoms with Gasteiger partial charge in [0, 0.05) is 5.56 Å². The van der Waals surface area contributed by atoms with Crippen molar-refractivity contribution in [3.63, 3.8) is 0 Å². The molecule has 1 aromatic carbocycles. The van der Waals surface area contributed by atoms with Crippen molar-refractivity contribution in [2.45, 2.75) is 19.3 Å². The second-order valence-corrected chi connectivity index (χ2v) is 3.80. The number of amides is 2. The Kier molecular flexibility index (Phi) is 5.20. The van der Waals surface area contributed by atoms with Gasteiger partial charge in [0.25, 0.3) is 5.91 Å². The highest BCUT2D eigenvalue weighted by Gasteiger charge is 2.05. The molecule has 0 aliphatic heterocycles. The van der Waals surface area contributed by atoms with E-state index in [2.05, 4.69) is 12.2 Å². The summed E-state index contributed by atoms with van der Waals surface area (Å²) in [7, 11) is 0. The van der Waals surface area contributed by atoms with Gasteiger partial charge in [-0.25, -0.2) is 0 Å². The topological polar surface area (TPSA) is 72.2 Å². The molecular formula is C13H17N2O2. The van der Waals surface area contributed by atoms with Crippen molar-refractivity contribution >= 4 is 11.8 Å². The van der Waals surface area contributed by atoms with Crippen LogP contribution in [0.4, 0.5) is 0 Å². The molecular weight excluding hydrogens is 216 g/mol. The molecule has 4 heteroatoms. The number of hydrogen-bond acceptors (Lipinski definition) is 2. The van der Waals surface area contributed by atoms with Crippen LogP contribution in [0, 0.1) is 6.92 Å². The SMILES string of the molecule is [CH2]CCCc1ccc(C(=O)NCC(N)=O)cc1. The Morgan fingerprint density at radius 3 is 2.41 bits per heavy atom. The zero-order valence-electron chi connectivity index (χ0n) is 9.74. The molecule has 0 atom stereocenters. The molecule has 0 saturated carbocycles. The van der Waals surface area contributed by atoms with Crippen molar-refractivity contribution in [3.05, 3.63) is 42.3 Å². The van der Waals surface area contributed by atoms with Gasteiger partial charge < -0.3 is 11.1 Å². The Labute approximate surface area is 101 Å². The minimum Gasteiger partial charge on any atom is -0.368 e. The molecule has 0 aromatic heterocycles. The molecule has 0 saturated heterocycles. The molecule has 3 N–H and O–H groups in total. The number of benzene rings is 1. The number of hydrogen-bond donors (Lipinski definition) is 2. The van der Waals surface area contributed by atoms with Gasteiger partial charge in [0.2, 0.25) is 5.91 Å². The maximum Gasteiger partial charge on any atom is 0.251 e. The largest absolute Gasteiger partial charge is 0.368 e. The summed E-state index contributed by atoms with van der Waals surface area (Å²) in [5.41, 5.74) is 6.65. The smallest absolute Gasteiger partial charge is 0.251 e. The van der Waals surface area contributed by atoms with E-state index in [-0.39, 0.29) is 12.5 Å². The van der Waals surface area contributed by atoms with Gasteiger partial charge in [-0.05, 0) is 30.5 Å². The Bertz CT molecular complexity index is 385. The van der Waals surface area contributed by atoms with E-state index in [1.807, 2.05) is 12.1 Å². The number of aryl methyl sites for hydroxylation is 1. The van der Waals surface area contributed by atoms with E-state index in [1.54, 1.807) is 12.1 Å². The van der Waals surface area contributed by atoms with Crippen molar-refractivity contribution in [1.29, 1.82) is 0 Å². The number of carbonyl (C=O) groups excluding carboxylic acids is 2. The van der Waals surface area contributed by atoms with Crippen LogP contribution in [0.5, 0.6) is 0 Å². The van der Waals surface area contributed by atoms with Gasteiger partial charge in [0.1, 0.15) is 0 Å². The first-order valence-electron chi connectivity index (χ1n) is 5.58. The van der Waals surface area contributed by atoms with E-state index in [1.165, 1.54) is 5.56 Å². The predicted molar refractivity (Wildman–Crippen MR) is 66.3 cm³/mol. The summed E-state index contributed by atoms with van der Waals surface area (Å²) in [4.78, 5) is 22.1. The van der Waals surface area contributed by atoms with Crippen LogP contribution >= 0.6 is 0 Å². The third-order valence-electron chi connectivity index (χ3n) is 2.35. The summed E-state index contributed by atoms with van der Waals surface area (Å²) in [6.45, 7) is 3.64. The van der Waals surface area contributed by atoms with E-state index < -0.39 is 5.91 Å². The lowest BCUT2D eigenvalue weighted by Crippen LogP contribution is -2.33. The highest BCUT2D eigenvalue weighted by molar-refractivity contribution is 5.96. The van der Waals surface area contributed by atoms with Crippen molar-refractivity contribution in [1.82, 2.24) is 5.32 Å². The van der Waals surface area contributed by atoms with Crippen molar-refractivity contribution in [3.8, 4) is 0 Å². The molecule has 2 amide bonds. The lowest BCUT2D eigenvalue weighted by atomic mass is 10.1. The Morgan fingerprint density at radius 2 is 1.88 bits per heavy atom. The monoisotopic (exact) mass is 233 g/mol. The molecule has 0 heterocycles. The summed E-state index contributed by atoms with van der Waals surface area (Å²) in [6, 6.07) is 7.31. The number of unbranched alkanes of at least 4 members (excludes halogenated alkanes) is 1. The molecule has 0 unspecified atom stereocenters. The molecule has 0 spiro atoms. The Balaban J connectivity index is 2.54. The fraction of sp³-hybridized carbons (Fsp3) is 0.308. The summed E-state index contributed by atoms with van der Waals surface area (Å²) >= 11 is 0. The third kappa shape index (κ3) is 4.68. The number of carbonyl (C=O) groups is 2. The zero-order valence-corrected chi connectivity index (χ0v) is 9.74. The van der Waals surface area contributed by atoms with E-state index in [0.29, 0.717) is 5.56 Å². The molecule has 91 valence electrons. The molecule has 4 nitrogen and oxygen atoms in total. The number of rotatable bonds is 6. The molecule has 1 rings (SSSR count). The Hall–Kier alpha value is -1.84. The number of nitrogens with one attached hydrogen (secondary N) is 1. The fourth-order valence-electron chi connectivity index (χ4n) is 1.42. The number of primary amides is 1. The molecule has 0 fully saturated rings. The van der Waals surface area contributed by atoms with Crippen LogP contribution in [-0.4, -0.2) is 18.4 Å². The van der Waals surface area contributed by atoms with Crippen LogP contribution in [-0.2, 0) is 11.2 Å². The van der Waals surface area contributed by atoms with E-state index >= 15 is 0 Å². The fourth-order valence-corrected chi connectivity index (χ4v) is 1.42. The van der Waals surface area contributed by atoms with E-state index in [9.17, 15) is 9.59 Å². The molecule has 0 bridgehead atoms. The van der Waals surface area contributed by atoms with Gasteiger partial charge >= 0.3 is 0 Å². The van der Waals surface area contributed by atoms with E-state index in [4.69, 9.17) is 5.73 Å². The molecule has 0 aliphatic carbocycles. The van der Waals surface area contributed by atoms with Gasteiger partial charge in [0.05, 0.1) is 6.54 Å². The molecule has 1 radical (unpaired) electrons. The van der Waals surface area contributed by atoms with Crippen LogP contribution in [0.1, 0.15) is 28.8 Å². The van der Waals surface area contributed by atoms with Gasteiger partial charge in [-0.15, -0.1) is 0 Å². The molecule has 17 heavy (non-hydrogen) atoms. The summed E-state index contributed by atoms with van der Waals surface area (Å²) in [5, 5.41) is 2.44. The maximum absolute atomic E-state index is 11.5. The van der Waals surface area contributed by atoms with Gasteiger partial charge in [-0.2, -0.15) is 0 Å². The molecule has 1 aromatic rings. The highest BCUT2D eigenvalue weighted by atomic mass is 16.2. The first kappa shape index (κ1) is 13.2. The normalized spacial score (nSPS) is 9.94. The minimum absolute atomic E-state index is 0.137. The molecule has 0 aliphatic rings. The number of nitrogens with two attached hydrogens (primary N) is 1. The summed E-state index contributed by atoms with van der Waals surface area (Å²) in [6.07, 6.45) is 2.90. The second kappa shape index (κ2) is 6.68. The standard InChI is InChI=1S/C13H17N2O2/c1-2-3-4-10-5-7-11(8-6-10)13(17)15-9-12(14)16/h5-8H,1-4,9H2,(H2,14,16)(H,15,17). The lowest BCUT2D eigenvalue weighted by Gasteiger charge is -2.04. The lowest BCUT2D eigenvalue weighted by molar-refractivity contribution is -0.117. The van der Waals surface area contributed by atoms with Crippen LogP contribution in [0.15, 0.2) is 24.3 Å². The van der Waals surface area contributed by atoms with Crippen LogP contribution in [0.3, 0.4) is 0 Å². The predicted octanol–water partition coefficient (Wildman–Crippen LogP) is 1.06. The first-order valence-corrected chi connectivity index (χ1v) is 5.58. The Morgan fingerprint density at radius 1 is 1.24 bits per heavy atom. The zero-order chi connectivity index (χ0) is 12.7. The maximum atomic E-state index is 11.5. The third-order valence-corrected chi connectivity index (χ3v) is 2.35. The van der Waals surface area contributed by atoms with Crippen molar-refractivity contribution in [2.24, 2.45) is 5.73 Å². The van der Waals surface area contributed by atoms with Crippen LogP contribution in [0.25, 0.3) is 0 Å². The van der Waals surface area contributed by atoms with Crippen molar-refractivity contribution < 1.29 is 9.59 Å². The quantitative estimate of drug-likeness (QED) is 0.771. The van der Waals surface area contributed by atoms with Gasteiger partial charge in [-0.3, -0.25) is 9.59 Å². The average Bonchev–Trinajstić information content (AvgIpc) is 2.34.